The molecule has 0 radical (unpaired) electrons. The Kier molecular flexibility index (Phi) is 5.36. The van der Waals surface area contributed by atoms with Gasteiger partial charge in [0.25, 0.3) is 0 Å². The zero-order valence-electron chi connectivity index (χ0n) is 12.9. The SMILES string of the molecule is O=C(CC1(C(=O)O)CCC1)NCc1ccc(OCC(F)(F)F)cc1. The smallest absolute Gasteiger partial charge is 0.422 e. The normalized spacial score (nSPS) is 16.1. The summed E-state index contributed by atoms with van der Waals surface area (Å²) in [7, 11) is 0. The van der Waals surface area contributed by atoms with Gasteiger partial charge in [0.15, 0.2) is 6.61 Å². The van der Waals surface area contributed by atoms with Crippen molar-refractivity contribution in [3.63, 3.8) is 0 Å². The summed E-state index contributed by atoms with van der Waals surface area (Å²) in [6, 6.07) is 5.86. The molecule has 1 aliphatic carbocycles. The van der Waals surface area contributed by atoms with Crippen molar-refractivity contribution in [1.82, 2.24) is 5.32 Å². The second kappa shape index (κ2) is 7.11. The van der Waals surface area contributed by atoms with Crippen molar-refractivity contribution in [3.05, 3.63) is 29.8 Å². The van der Waals surface area contributed by atoms with Crippen molar-refractivity contribution in [2.45, 2.75) is 38.4 Å². The fourth-order valence-electron chi connectivity index (χ4n) is 2.51. The van der Waals surface area contributed by atoms with Gasteiger partial charge in [-0.15, -0.1) is 0 Å². The molecule has 0 spiro atoms. The van der Waals surface area contributed by atoms with Crippen LogP contribution in [-0.4, -0.2) is 29.8 Å². The van der Waals surface area contributed by atoms with Crippen molar-refractivity contribution in [2.24, 2.45) is 5.41 Å². The van der Waals surface area contributed by atoms with Gasteiger partial charge in [0.05, 0.1) is 5.41 Å². The largest absolute Gasteiger partial charge is 0.484 e. The molecule has 1 aromatic carbocycles. The minimum absolute atomic E-state index is 0.0604. The number of rotatable bonds is 7. The van der Waals surface area contributed by atoms with Crippen molar-refractivity contribution in [3.8, 4) is 5.75 Å². The first kappa shape index (κ1) is 18.1. The van der Waals surface area contributed by atoms with Crippen LogP contribution in [0.5, 0.6) is 5.75 Å². The summed E-state index contributed by atoms with van der Waals surface area (Å²) in [4.78, 5) is 23.1. The number of carboxylic acids is 1. The van der Waals surface area contributed by atoms with E-state index in [1.165, 1.54) is 12.1 Å². The number of hydrogen-bond donors (Lipinski definition) is 2. The molecule has 1 fully saturated rings. The van der Waals surface area contributed by atoms with Gasteiger partial charge >= 0.3 is 12.1 Å². The van der Waals surface area contributed by atoms with Gasteiger partial charge in [0.2, 0.25) is 5.91 Å². The number of halogens is 3. The maximum Gasteiger partial charge on any atom is 0.422 e. The first-order chi connectivity index (χ1) is 11.2. The third kappa shape index (κ3) is 4.87. The van der Waals surface area contributed by atoms with Crippen LogP contribution in [0.1, 0.15) is 31.2 Å². The quantitative estimate of drug-likeness (QED) is 0.797. The van der Waals surface area contributed by atoms with E-state index in [2.05, 4.69) is 10.1 Å². The average Bonchev–Trinajstić information content (AvgIpc) is 2.46. The molecule has 2 rings (SSSR count). The zero-order chi connectivity index (χ0) is 17.8. The lowest BCUT2D eigenvalue weighted by Crippen LogP contribution is -2.42. The Balaban J connectivity index is 1.79. The molecule has 0 bridgehead atoms. The number of ether oxygens (including phenoxy) is 1. The standard InChI is InChI=1S/C16H18F3NO4/c17-16(18,19)10-24-12-4-2-11(3-5-12)9-20-13(21)8-15(14(22)23)6-1-7-15/h2-5H,1,6-10H2,(H,20,21)(H,22,23). The molecule has 0 saturated heterocycles. The van der Waals surface area contributed by atoms with Crippen LogP contribution in [0.4, 0.5) is 13.2 Å². The third-order valence-corrected chi connectivity index (χ3v) is 4.08. The zero-order valence-corrected chi connectivity index (χ0v) is 12.9. The maximum absolute atomic E-state index is 12.0. The molecule has 1 amide bonds. The number of aliphatic carboxylic acids is 1. The van der Waals surface area contributed by atoms with Crippen LogP contribution in [-0.2, 0) is 16.1 Å². The number of hydrogen-bond acceptors (Lipinski definition) is 3. The Hall–Kier alpha value is -2.25. The van der Waals surface area contributed by atoms with Crippen LogP contribution >= 0.6 is 0 Å². The van der Waals surface area contributed by atoms with Gasteiger partial charge in [-0.3, -0.25) is 9.59 Å². The summed E-state index contributed by atoms with van der Waals surface area (Å²) >= 11 is 0. The Morgan fingerprint density at radius 3 is 2.29 bits per heavy atom. The van der Waals surface area contributed by atoms with E-state index in [-0.39, 0.29) is 24.6 Å². The van der Waals surface area contributed by atoms with E-state index >= 15 is 0 Å². The summed E-state index contributed by atoms with van der Waals surface area (Å²) in [5, 5.41) is 11.8. The summed E-state index contributed by atoms with van der Waals surface area (Å²) in [6.07, 6.45) is -2.65. The van der Waals surface area contributed by atoms with E-state index in [9.17, 15) is 27.9 Å². The second-order valence-corrected chi connectivity index (χ2v) is 5.94. The molecule has 0 unspecified atom stereocenters. The Morgan fingerprint density at radius 1 is 1.21 bits per heavy atom. The number of alkyl halides is 3. The van der Waals surface area contributed by atoms with Gasteiger partial charge in [-0.1, -0.05) is 18.6 Å². The minimum atomic E-state index is -4.39. The maximum atomic E-state index is 12.0. The van der Waals surface area contributed by atoms with Crippen molar-refractivity contribution >= 4 is 11.9 Å². The summed E-state index contributed by atoms with van der Waals surface area (Å²) < 4.78 is 40.7. The molecule has 1 aromatic rings. The van der Waals surface area contributed by atoms with Crippen molar-refractivity contribution in [2.75, 3.05) is 6.61 Å². The van der Waals surface area contributed by atoms with Crippen LogP contribution in [0.3, 0.4) is 0 Å². The van der Waals surface area contributed by atoms with Gasteiger partial charge < -0.3 is 15.2 Å². The van der Waals surface area contributed by atoms with E-state index in [0.717, 1.165) is 6.42 Å². The molecule has 0 aromatic heterocycles. The molecule has 0 atom stereocenters. The second-order valence-electron chi connectivity index (χ2n) is 5.94. The number of nitrogens with one attached hydrogen (secondary N) is 1. The van der Waals surface area contributed by atoms with E-state index in [1.54, 1.807) is 12.1 Å². The lowest BCUT2D eigenvalue weighted by atomic mass is 9.66. The van der Waals surface area contributed by atoms with Crippen molar-refractivity contribution in [1.29, 1.82) is 0 Å². The van der Waals surface area contributed by atoms with Crippen LogP contribution < -0.4 is 10.1 Å². The van der Waals surface area contributed by atoms with E-state index in [1.807, 2.05) is 0 Å². The lowest BCUT2D eigenvalue weighted by Gasteiger charge is -2.36. The summed E-state index contributed by atoms with van der Waals surface area (Å²) in [5.74, 6) is -1.22. The number of benzene rings is 1. The molecule has 0 aliphatic heterocycles. The molecule has 132 valence electrons. The fraction of sp³-hybridized carbons (Fsp3) is 0.500. The predicted octanol–water partition coefficient (Wildman–Crippen LogP) is 2.89. The van der Waals surface area contributed by atoms with E-state index in [4.69, 9.17) is 0 Å². The van der Waals surface area contributed by atoms with Gasteiger partial charge in [0.1, 0.15) is 5.75 Å². The number of amides is 1. The highest BCUT2D eigenvalue weighted by atomic mass is 19.4. The van der Waals surface area contributed by atoms with E-state index in [0.29, 0.717) is 18.4 Å². The van der Waals surface area contributed by atoms with E-state index < -0.39 is 24.2 Å². The first-order valence-electron chi connectivity index (χ1n) is 7.49. The molecule has 1 aliphatic rings. The van der Waals surface area contributed by atoms with Gasteiger partial charge in [-0.25, -0.2) is 0 Å². The highest BCUT2D eigenvalue weighted by Gasteiger charge is 2.45. The topological polar surface area (TPSA) is 75.6 Å². The number of carbonyl (C=O) groups excluding carboxylic acids is 1. The van der Waals surface area contributed by atoms with Gasteiger partial charge in [0, 0.05) is 13.0 Å². The fourth-order valence-corrected chi connectivity index (χ4v) is 2.51. The van der Waals surface area contributed by atoms with Crippen LogP contribution in [0.15, 0.2) is 24.3 Å². The minimum Gasteiger partial charge on any atom is -0.484 e. The summed E-state index contributed by atoms with van der Waals surface area (Å²) in [6.45, 7) is -1.19. The highest BCUT2D eigenvalue weighted by molar-refractivity contribution is 5.85. The predicted molar refractivity (Wildman–Crippen MR) is 78.4 cm³/mol. The van der Waals surface area contributed by atoms with Crippen LogP contribution in [0, 0.1) is 5.41 Å². The highest BCUT2D eigenvalue weighted by Crippen LogP contribution is 2.44. The Bertz CT molecular complexity index is 594. The van der Waals surface area contributed by atoms with Crippen molar-refractivity contribution < 1.29 is 32.6 Å². The third-order valence-electron chi connectivity index (χ3n) is 4.08. The molecule has 0 heterocycles. The Morgan fingerprint density at radius 2 is 1.83 bits per heavy atom. The molecule has 5 nitrogen and oxygen atoms in total. The first-order valence-corrected chi connectivity index (χ1v) is 7.49. The van der Waals surface area contributed by atoms with Gasteiger partial charge in [-0.2, -0.15) is 13.2 Å². The number of carboxylic acid groups (broad SMARTS) is 1. The molecule has 2 N–H and O–H groups in total. The van der Waals surface area contributed by atoms with Gasteiger partial charge in [-0.05, 0) is 30.5 Å². The molecule has 8 heteroatoms. The number of carbonyl (C=O) groups is 2. The summed E-state index contributed by atoms with van der Waals surface area (Å²) in [5.41, 5.74) is -0.264. The molecular formula is C16H18F3NO4. The lowest BCUT2D eigenvalue weighted by molar-refractivity contribution is -0.157. The van der Waals surface area contributed by atoms with Crippen LogP contribution in [0.2, 0.25) is 0 Å². The average molecular weight is 345 g/mol. The molecular weight excluding hydrogens is 327 g/mol. The Labute approximate surface area is 136 Å². The molecule has 1 saturated carbocycles. The monoisotopic (exact) mass is 345 g/mol. The van der Waals surface area contributed by atoms with Crippen LogP contribution in [0.25, 0.3) is 0 Å². The molecule has 24 heavy (non-hydrogen) atoms.